The Hall–Kier alpha value is -2.18. The summed E-state index contributed by atoms with van der Waals surface area (Å²) >= 11 is 0. The van der Waals surface area contributed by atoms with Crippen molar-refractivity contribution in [2.45, 2.75) is 38.1 Å². The van der Waals surface area contributed by atoms with Crippen molar-refractivity contribution in [2.75, 3.05) is 5.75 Å². The zero-order valence-corrected chi connectivity index (χ0v) is 15.9. The third-order valence-electron chi connectivity index (χ3n) is 5.22. The van der Waals surface area contributed by atoms with Crippen molar-refractivity contribution in [1.29, 1.82) is 0 Å². The van der Waals surface area contributed by atoms with E-state index in [-0.39, 0.29) is 17.6 Å². The summed E-state index contributed by atoms with van der Waals surface area (Å²) in [6.07, 6.45) is 3.51. The smallest absolute Gasteiger partial charge is 0.211 e. The first kappa shape index (κ1) is 18.2. The highest BCUT2D eigenvalue weighted by molar-refractivity contribution is 7.89. The topological polar surface area (TPSA) is 62.0 Å². The van der Waals surface area contributed by atoms with E-state index in [0.717, 1.165) is 47.0 Å². The number of hydrogen-bond donors (Lipinski definition) is 2. The molecule has 1 atom stereocenters. The average Bonchev–Trinajstić information content (AvgIpc) is 2.99. The van der Waals surface area contributed by atoms with E-state index in [1.807, 2.05) is 30.3 Å². The van der Waals surface area contributed by atoms with Crippen LogP contribution in [0.2, 0.25) is 0 Å². The number of benzene rings is 2. The van der Waals surface area contributed by atoms with E-state index < -0.39 is 10.0 Å². The molecule has 0 saturated carbocycles. The van der Waals surface area contributed by atoms with Crippen LogP contribution in [0.1, 0.15) is 29.7 Å². The molecule has 1 unspecified atom stereocenters. The highest BCUT2D eigenvalue weighted by Crippen LogP contribution is 2.29. The molecule has 0 amide bonds. The Morgan fingerprint density at radius 3 is 2.78 bits per heavy atom. The fourth-order valence-electron chi connectivity index (χ4n) is 3.92. The molecule has 2 N–H and O–H groups in total. The lowest BCUT2D eigenvalue weighted by Gasteiger charge is -2.23. The zero-order valence-electron chi connectivity index (χ0n) is 15.0. The molecule has 3 aromatic rings. The molecule has 27 heavy (non-hydrogen) atoms. The number of aromatic amines is 1. The highest BCUT2D eigenvalue weighted by Gasteiger charge is 2.25. The minimum atomic E-state index is -3.32. The quantitative estimate of drug-likeness (QED) is 0.678. The normalized spacial score (nSPS) is 17.1. The van der Waals surface area contributed by atoms with Gasteiger partial charge in [-0.15, -0.1) is 0 Å². The lowest BCUT2D eigenvalue weighted by atomic mass is 9.92. The van der Waals surface area contributed by atoms with Crippen molar-refractivity contribution < 1.29 is 12.8 Å². The van der Waals surface area contributed by atoms with E-state index in [4.69, 9.17) is 0 Å². The molecule has 4 rings (SSSR count). The Morgan fingerprint density at radius 2 is 1.96 bits per heavy atom. The number of aryl methyl sites for hydroxylation is 2. The van der Waals surface area contributed by atoms with Gasteiger partial charge in [0.15, 0.2) is 0 Å². The molecule has 2 aromatic carbocycles. The Balaban J connectivity index is 1.39. The summed E-state index contributed by atoms with van der Waals surface area (Å²) in [5, 5.41) is 0.986. The predicted octanol–water partition coefficient (Wildman–Crippen LogP) is 3.72. The monoisotopic (exact) mass is 386 g/mol. The van der Waals surface area contributed by atoms with Crippen LogP contribution in [0.5, 0.6) is 0 Å². The summed E-state index contributed by atoms with van der Waals surface area (Å²) in [6.45, 7) is 0. The molecule has 0 saturated heterocycles. The fourth-order valence-corrected chi connectivity index (χ4v) is 5.27. The van der Waals surface area contributed by atoms with Crippen LogP contribution < -0.4 is 4.72 Å². The Bertz CT molecular complexity index is 1040. The van der Waals surface area contributed by atoms with Crippen LogP contribution in [0.3, 0.4) is 0 Å². The fraction of sp³-hybridized carbons (Fsp3) is 0.333. The highest BCUT2D eigenvalue weighted by atomic mass is 32.2. The first-order valence-electron chi connectivity index (χ1n) is 9.33. The minimum Gasteiger partial charge on any atom is -0.358 e. The summed E-state index contributed by atoms with van der Waals surface area (Å²) in [5.41, 5.74) is 4.13. The van der Waals surface area contributed by atoms with Crippen LogP contribution in [0, 0.1) is 5.82 Å². The number of halogens is 1. The molecule has 4 nitrogen and oxygen atoms in total. The van der Waals surface area contributed by atoms with Crippen molar-refractivity contribution in [3.05, 3.63) is 71.2 Å². The molecule has 1 aliphatic rings. The van der Waals surface area contributed by atoms with Crippen LogP contribution >= 0.6 is 0 Å². The molecule has 0 spiro atoms. The number of hydrogen-bond acceptors (Lipinski definition) is 2. The third kappa shape index (κ3) is 4.22. The Kier molecular flexibility index (Phi) is 5.02. The van der Waals surface area contributed by atoms with Gasteiger partial charge in [-0.2, -0.15) is 0 Å². The van der Waals surface area contributed by atoms with E-state index in [9.17, 15) is 12.8 Å². The zero-order chi connectivity index (χ0) is 18.9. The van der Waals surface area contributed by atoms with Gasteiger partial charge in [-0.05, 0) is 61.4 Å². The van der Waals surface area contributed by atoms with Crippen LogP contribution in [0.15, 0.2) is 48.5 Å². The van der Waals surface area contributed by atoms with Gasteiger partial charge in [-0.25, -0.2) is 17.5 Å². The van der Waals surface area contributed by atoms with Gasteiger partial charge in [-0.3, -0.25) is 0 Å². The van der Waals surface area contributed by atoms with E-state index in [1.165, 1.54) is 12.1 Å². The van der Waals surface area contributed by atoms with Crippen LogP contribution in [-0.2, 0) is 29.3 Å². The maximum Gasteiger partial charge on any atom is 0.211 e. The first-order chi connectivity index (χ1) is 13.0. The number of sulfonamides is 1. The van der Waals surface area contributed by atoms with Crippen LogP contribution in [0.4, 0.5) is 4.39 Å². The van der Waals surface area contributed by atoms with Gasteiger partial charge in [0.1, 0.15) is 5.82 Å². The molecule has 1 aromatic heterocycles. The number of H-pyrrole nitrogens is 1. The van der Waals surface area contributed by atoms with Gasteiger partial charge >= 0.3 is 0 Å². The van der Waals surface area contributed by atoms with Gasteiger partial charge < -0.3 is 4.98 Å². The summed E-state index contributed by atoms with van der Waals surface area (Å²) in [4.78, 5) is 3.28. The van der Waals surface area contributed by atoms with Gasteiger partial charge in [0.05, 0.1) is 5.75 Å². The Labute approximate surface area is 158 Å². The number of rotatable bonds is 6. The molecule has 0 fully saturated rings. The molecule has 6 heteroatoms. The lowest BCUT2D eigenvalue weighted by Crippen LogP contribution is -2.40. The molecule has 0 bridgehead atoms. The Morgan fingerprint density at radius 1 is 1.15 bits per heavy atom. The molecule has 0 aliphatic heterocycles. The molecule has 0 radical (unpaired) electrons. The van der Waals surface area contributed by atoms with Crippen molar-refractivity contribution in [1.82, 2.24) is 9.71 Å². The summed E-state index contributed by atoms with van der Waals surface area (Å²) in [7, 11) is -3.32. The number of aromatic nitrogens is 1. The van der Waals surface area contributed by atoms with Crippen molar-refractivity contribution in [3.63, 3.8) is 0 Å². The van der Waals surface area contributed by atoms with Gasteiger partial charge in [0.25, 0.3) is 0 Å². The lowest BCUT2D eigenvalue weighted by molar-refractivity contribution is 0.505. The standard InChI is InChI=1S/C21H23FN2O2S/c22-16-8-10-18-19-14-17(9-11-20(19)23-21(18)13-16)24-27(25,26)12-4-7-15-5-2-1-3-6-15/h1-3,5-6,8,10,13,17,23-24H,4,7,9,11-12,14H2. The van der Waals surface area contributed by atoms with E-state index >= 15 is 0 Å². The van der Waals surface area contributed by atoms with Gasteiger partial charge in [0, 0.05) is 22.6 Å². The maximum absolute atomic E-state index is 13.4. The van der Waals surface area contributed by atoms with Crippen molar-refractivity contribution >= 4 is 20.9 Å². The largest absolute Gasteiger partial charge is 0.358 e. The summed E-state index contributed by atoms with van der Waals surface area (Å²) in [6, 6.07) is 14.5. The average molecular weight is 386 g/mol. The van der Waals surface area contributed by atoms with Gasteiger partial charge in [0.2, 0.25) is 10.0 Å². The maximum atomic E-state index is 13.4. The number of nitrogens with one attached hydrogen (secondary N) is 2. The molecular formula is C21H23FN2O2S. The summed E-state index contributed by atoms with van der Waals surface area (Å²) < 4.78 is 41.3. The second-order valence-electron chi connectivity index (χ2n) is 7.24. The molecule has 142 valence electrons. The molecule has 1 heterocycles. The van der Waals surface area contributed by atoms with Crippen LogP contribution in [0.25, 0.3) is 10.9 Å². The van der Waals surface area contributed by atoms with Crippen molar-refractivity contribution in [3.8, 4) is 0 Å². The number of fused-ring (bicyclic) bond motifs is 3. The predicted molar refractivity (Wildman–Crippen MR) is 106 cm³/mol. The SMILES string of the molecule is O=S(=O)(CCCc1ccccc1)NC1CCc2[nH]c3cc(F)ccc3c2C1. The van der Waals surface area contributed by atoms with E-state index in [2.05, 4.69) is 9.71 Å². The second-order valence-corrected chi connectivity index (χ2v) is 9.11. The van der Waals surface area contributed by atoms with Crippen LogP contribution in [-0.4, -0.2) is 25.2 Å². The molecule has 1 aliphatic carbocycles. The first-order valence-corrected chi connectivity index (χ1v) is 11.0. The van der Waals surface area contributed by atoms with Crippen molar-refractivity contribution in [2.24, 2.45) is 0 Å². The third-order valence-corrected chi connectivity index (χ3v) is 6.74. The van der Waals surface area contributed by atoms with E-state index in [1.54, 1.807) is 6.07 Å². The van der Waals surface area contributed by atoms with E-state index in [0.29, 0.717) is 12.8 Å². The summed E-state index contributed by atoms with van der Waals surface area (Å²) in [5.74, 6) is -0.138. The van der Waals surface area contributed by atoms with Gasteiger partial charge in [-0.1, -0.05) is 30.3 Å². The second kappa shape index (κ2) is 7.44. The molecular weight excluding hydrogens is 363 g/mol. The minimum absolute atomic E-state index is 0.108.